The smallest absolute Gasteiger partial charge is 0.252 e. The summed E-state index contributed by atoms with van der Waals surface area (Å²) in [4.78, 5) is 4.98. The first-order chi connectivity index (χ1) is 33.9. The van der Waals surface area contributed by atoms with Crippen molar-refractivity contribution in [1.29, 1.82) is 0 Å². The average Bonchev–Trinajstić information content (AvgIpc) is 4.01. The number of hydrogen-bond acceptors (Lipinski definition) is 5. The molecule has 13 rings (SSSR count). The second-order valence-electron chi connectivity index (χ2n) is 21.4. The van der Waals surface area contributed by atoms with E-state index in [0.717, 1.165) is 39.9 Å². The maximum atomic E-state index is 6.44. The van der Waals surface area contributed by atoms with Crippen molar-refractivity contribution in [1.82, 2.24) is 0 Å². The zero-order valence-corrected chi connectivity index (χ0v) is 41.5. The van der Waals surface area contributed by atoms with Gasteiger partial charge in [0.1, 0.15) is 0 Å². The maximum absolute atomic E-state index is 6.44. The van der Waals surface area contributed by atoms with Gasteiger partial charge in [-0.05, 0) is 151 Å². The topological polar surface area (TPSA) is 24.9 Å². The fourth-order valence-corrected chi connectivity index (χ4v) is 12.3. The second-order valence-corrected chi connectivity index (χ2v) is 22.5. The SMILES string of the molecule is Cc1cc2c3c(c1)N(c1ccccc1)c1c(ccc4c1OCO4)B3c1ccc(-c3ccc4c(c3)sc3ccccc34)cc1N2c1cc(-c2ccc(C(C)(C)C)cc2)cc(-c2ccc(C(C)(C)C)cc2)c1. The molecule has 0 bridgehead atoms. The summed E-state index contributed by atoms with van der Waals surface area (Å²) in [6.45, 7) is 16.0. The van der Waals surface area contributed by atoms with Crippen LogP contribution in [0.4, 0.5) is 34.1 Å². The van der Waals surface area contributed by atoms with Crippen LogP contribution in [-0.2, 0) is 10.8 Å². The Bertz CT molecular complexity index is 3660. The van der Waals surface area contributed by atoms with Crippen LogP contribution in [0.15, 0.2) is 182 Å². The molecule has 9 aromatic carbocycles. The Kier molecular flexibility index (Phi) is 9.57. The highest BCUT2D eigenvalue weighted by Gasteiger charge is 2.46. The average molecular weight is 925 g/mol. The van der Waals surface area contributed by atoms with E-state index in [0.29, 0.717) is 0 Å². The van der Waals surface area contributed by atoms with Gasteiger partial charge in [-0.25, -0.2) is 0 Å². The van der Waals surface area contributed by atoms with Gasteiger partial charge in [0.05, 0.1) is 5.69 Å². The number of para-hydroxylation sites is 1. The largest absolute Gasteiger partial charge is 0.454 e. The molecular weight excluding hydrogens is 872 g/mol. The van der Waals surface area contributed by atoms with Crippen LogP contribution >= 0.6 is 11.3 Å². The molecule has 4 heterocycles. The first kappa shape index (κ1) is 42.6. The van der Waals surface area contributed by atoms with Crippen LogP contribution in [0.5, 0.6) is 11.5 Å². The highest BCUT2D eigenvalue weighted by molar-refractivity contribution is 7.25. The summed E-state index contributed by atoms with van der Waals surface area (Å²) in [6, 6.07) is 68.5. The minimum atomic E-state index is -0.0852. The Morgan fingerprint density at radius 1 is 0.457 bits per heavy atom. The van der Waals surface area contributed by atoms with Gasteiger partial charge in [0.15, 0.2) is 11.5 Å². The fraction of sp³-hybridized carbons (Fsp3) is 0.156. The molecule has 0 atom stereocenters. The quantitative estimate of drug-likeness (QED) is 0.161. The number of rotatable bonds is 5. The number of hydrogen-bond donors (Lipinski definition) is 0. The molecule has 0 amide bonds. The summed E-state index contributed by atoms with van der Waals surface area (Å²) < 4.78 is 15.2. The van der Waals surface area contributed by atoms with Crippen molar-refractivity contribution < 1.29 is 9.47 Å². The molecule has 3 aliphatic rings. The lowest BCUT2D eigenvalue weighted by molar-refractivity contribution is 0.174. The fourth-order valence-electron chi connectivity index (χ4n) is 11.2. The van der Waals surface area contributed by atoms with Crippen molar-refractivity contribution >= 4 is 88.7 Å². The molecule has 0 saturated carbocycles. The van der Waals surface area contributed by atoms with E-state index in [4.69, 9.17) is 9.47 Å². The highest BCUT2D eigenvalue weighted by Crippen LogP contribution is 2.51. The van der Waals surface area contributed by atoms with Crippen molar-refractivity contribution in [3.8, 4) is 44.9 Å². The van der Waals surface area contributed by atoms with Crippen LogP contribution in [0.2, 0.25) is 0 Å². The number of fused-ring (bicyclic) bond motifs is 9. The van der Waals surface area contributed by atoms with Gasteiger partial charge >= 0.3 is 0 Å². The summed E-state index contributed by atoms with van der Waals surface area (Å²) in [5, 5.41) is 2.61. The van der Waals surface area contributed by atoms with Crippen molar-refractivity contribution in [2.24, 2.45) is 0 Å². The standard InChI is InChI=1S/C64H53BN2O2S/c1-39-31-55-60-56(32-39)67(48-13-9-8-10-14-48)61-53(29-30-57-62(61)69-38-68-57)65(60)52-28-22-42(43-21-27-51-50-15-11-12-16-58(50)70-59(51)37-43)36-54(52)66(55)49-34-44(40-17-23-46(24-18-40)63(2,3)4)33-45(35-49)41-19-25-47(26-20-41)64(5,6)7/h8-37H,38H2,1-7H3. The minimum Gasteiger partial charge on any atom is -0.454 e. The third-order valence-corrected chi connectivity index (χ3v) is 15.9. The molecule has 1 aromatic heterocycles. The number of thiophene rings is 1. The van der Waals surface area contributed by atoms with Crippen LogP contribution in [0.25, 0.3) is 53.6 Å². The highest BCUT2D eigenvalue weighted by atomic mass is 32.1. The molecule has 6 heteroatoms. The van der Waals surface area contributed by atoms with E-state index in [9.17, 15) is 0 Å². The molecule has 0 radical (unpaired) electrons. The molecule has 4 nitrogen and oxygen atoms in total. The van der Waals surface area contributed by atoms with Gasteiger partial charge in [-0.1, -0.05) is 157 Å². The zero-order valence-electron chi connectivity index (χ0n) is 40.7. The molecule has 340 valence electrons. The van der Waals surface area contributed by atoms with Crippen molar-refractivity contribution in [2.75, 3.05) is 16.6 Å². The number of nitrogens with zero attached hydrogens (tertiary/aromatic N) is 2. The predicted molar refractivity (Wildman–Crippen MR) is 298 cm³/mol. The van der Waals surface area contributed by atoms with Gasteiger partial charge in [0, 0.05) is 48.6 Å². The van der Waals surface area contributed by atoms with Crippen LogP contribution < -0.4 is 35.7 Å². The van der Waals surface area contributed by atoms with Gasteiger partial charge in [-0.2, -0.15) is 0 Å². The number of ether oxygens (including phenoxy) is 2. The molecule has 0 unspecified atom stereocenters. The van der Waals surface area contributed by atoms with Crippen molar-refractivity contribution in [3.63, 3.8) is 0 Å². The normalized spacial score (nSPS) is 13.7. The summed E-state index contributed by atoms with van der Waals surface area (Å²) in [7, 11) is 0. The third-order valence-electron chi connectivity index (χ3n) is 14.8. The zero-order chi connectivity index (χ0) is 47.6. The third kappa shape index (κ3) is 6.87. The Morgan fingerprint density at radius 2 is 1.04 bits per heavy atom. The van der Waals surface area contributed by atoms with Crippen LogP contribution in [0.1, 0.15) is 58.2 Å². The lowest BCUT2D eigenvalue weighted by Gasteiger charge is -2.44. The predicted octanol–water partition coefficient (Wildman–Crippen LogP) is 15.8. The summed E-state index contributed by atoms with van der Waals surface area (Å²) in [6.07, 6.45) is 0. The van der Waals surface area contributed by atoms with Gasteiger partial charge in [-0.3, -0.25) is 0 Å². The molecular formula is C64H53BN2O2S. The lowest BCUT2D eigenvalue weighted by Crippen LogP contribution is -2.61. The first-order valence-corrected chi connectivity index (χ1v) is 25.3. The molecule has 10 aromatic rings. The molecule has 70 heavy (non-hydrogen) atoms. The molecule has 0 aliphatic carbocycles. The minimum absolute atomic E-state index is 0.0450. The van der Waals surface area contributed by atoms with Crippen LogP contribution in [0, 0.1) is 6.92 Å². The van der Waals surface area contributed by atoms with Crippen molar-refractivity contribution in [3.05, 3.63) is 199 Å². The van der Waals surface area contributed by atoms with Crippen molar-refractivity contribution in [2.45, 2.75) is 59.3 Å². The molecule has 3 aliphatic heterocycles. The number of anilines is 6. The summed E-state index contributed by atoms with van der Waals surface area (Å²) >= 11 is 1.87. The van der Waals surface area contributed by atoms with Gasteiger partial charge in [0.25, 0.3) is 6.71 Å². The van der Waals surface area contributed by atoms with E-state index >= 15 is 0 Å². The molecule has 0 fully saturated rings. The Morgan fingerprint density at radius 3 is 1.73 bits per heavy atom. The van der Waals surface area contributed by atoms with E-state index in [1.54, 1.807) is 0 Å². The molecule has 0 saturated heterocycles. The molecule has 0 N–H and O–H groups in total. The summed E-state index contributed by atoms with van der Waals surface area (Å²) in [5.74, 6) is 1.57. The van der Waals surface area contributed by atoms with E-state index in [-0.39, 0.29) is 24.3 Å². The number of aryl methyl sites for hydroxylation is 1. The van der Waals surface area contributed by atoms with Gasteiger partial charge < -0.3 is 19.3 Å². The van der Waals surface area contributed by atoms with E-state index in [2.05, 4.69) is 240 Å². The Labute approximate surface area is 415 Å². The Balaban J connectivity index is 1.09. The first-order valence-electron chi connectivity index (χ1n) is 24.5. The van der Waals surface area contributed by atoms with Crippen LogP contribution in [-0.4, -0.2) is 13.5 Å². The monoisotopic (exact) mass is 924 g/mol. The Hall–Kier alpha value is -7.54. The van der Waals surface area contributed by atoms with Gasteiger partial charge in [-0.15, -0.1) is 11.3 Å². The van der Waals surface area contributed by atoms with E-state index < -0.39 is 0 Å². The number of benzene rings is 9. The second kappa shape index (κ2) is 15.7. The summed E-state index contributed by atoms with van der Waals surface area (Å²) in [5.41, 5.74) is 21.4. The van der Waals surface area contributed by atoms with Crippen LogP contribution in [0.3, 0.4) is 0 Å². The maximum Gasteiger partial charge on any atom is 0.252 e. The molecule has 0 spiro atoms. The van der Waals surface area contributed by atoms with E-state index in [1.165, 1.54) is 92.3 Å². The van der Waals surface area contributed by atoms with Gasteiger partial charge in [0.2, 0.25) is 6.79 Å². The lowest BCUT2D eigenvalue weighted by atomic mass is 9.33. The van der Waals surface area contributed by atoms with E-state index in [1.807, 2.05) is 11.3 Å².